The Morgan fingerprint density at radius 1 is 1.20 bits per heavy atom. The number of allylic oxidation sites excluding steroid dienone is 1. The predicted octanol–water partition coefficient (Wildman–Crippen LogP) is 5.14. The van der Waals surface area contributed by atoms with Crippen molar-refractivity contribution in [3.63, 3.8) is 0 Å². The lowest BCUT2D eigenvalue weighted by Gasteiger charge is -2.27. The molecule has 0 saturated carbocycles. The number of fused-ring (bicyclic) bond motifs is 1. The summed E-state index contributed by atoms with van der Waals surface area (Å²) in [4.78, 5) is 14.4. The minimum atomic E-state index is -0.384. The van der Waals surface area contributed by atoms with Gasteiger partial charge >= 0.3 is 0 Å². The fourth-order valence-corrected chi connectivity index (χ4v) is 3.73. The van der Waals surface area contributed by atoms with Crippen molar-refractivity contribution >= 4 is 16.8 Å². The smallest absolute Gasteiger partial charge is 0.188 e. The molecule has 3 rings (SSSR count). The van der Waals surface area contributed by atoms with Crippen molar-refractivity contribution in [1.29, 1.82) is 0 Å². The van der Waals surface area contributed by atoms with Crippen LogP contribution >= 0.6 is 0 Å². The Hall–Kier alpha value is -3.15. The molecule has 30 heavy (non-hydrogen) atoms. The van der Waals surface area contributed by atoms with Crippen LogP contribution < -0.4 is 4.74 Å². The zero-order chi connectivity index (χ0) is 22.2. The number of ketones is 1. The van der Waals surface area contributed by atoms with Gasteiger partial charge < -0.3 is 9.84 Å². The number of ether oxygens (including phenoxy) is 1. The number of hydrogen-bond acceptors (Lipinski definition) is 5. The van der Waals surface area contributed by atoms with Crippen molar-refractivity contribution in [3.8, 4) is 17.2 Å². The number of aromatic nitrogens is 3. The first-order chi connectivity index (χ1) is 14.1. The van der Waals surface area contributed by atoms with Crippen molar-refractivity contribution in [2.45, 2.75) is 52.9 Å². The van der Waals surface area contributed by atoms with Gasteiger partial charge in [0, 0.05) is 17.2 Å². The minimum Gasteiger partial charge on any atom is -0.505 e. The zero-order valence-electron chi connectivity index (χ0n) is 18.5. The van der Waals surface area contributed by atoms with Gasteiger partial charge in [0.2, 0.25) is 0 Å². The first kappa shape index (κ1) is 21.6. The van der Waals surface area contributed by atoms with Crippen LogP contribution in [0.25, 0.3) is 16.7 Å². The molecule has 0 atom stereocenters. The quantitative estimate of drug-likeness (QED) is 0.452. The first-order valence-electron chi connectivity index (χ1n) is 10.1. The summed E-state index contributed by atoms with van der Waals surface area (Å²) in [6, 6.07) is 7.08. The molecule has 0 aliphatic carbocycles. The van der Waals surface area contributed by atoms with Crippen LogP contribution in [0.2, 0.25) is 0 Å². The first-order valence-corrected chi connectivity index (χ1v) is 10.1. The Morgan fingerprint density at radius 3 is 2.43 bits per heavy atom. The molecular weight excluding hydrogens is 378 g/mol. The number of carbonyl (C=O) groups excluding carboxylic acids is 1. The fourth-order valence-electron chi connectivity index (χ4n) is 3.73. The van der Waals surface area contributed by atoms with E-state index in [0.717, 1.165) is 17.5 Å². The molecule has 0 saturated heterocycles. The topological polar surface area (TPSA) is 77.2 Å². The summed E-state index contributed by atoms with van der Waals surface area (Å²) in [5, 5.41) is 20.3. The van der Waals surface area contributed by atoms with Crippen molar-refractivity contribution in [1.82, 2.24) is 15.0 Å². The highest BCUT2D eigenvalue weighted by Gasteiger charge is 2.29. The second kappa shape index (κ2) is 7.94. The standard InChI is InChI=1S/C24H29N3O3/c1-8-9-16-17(22(28)14(2)3)13-20(23(29)21(16)24(4,5)6)27-25-18-11-10-15(30-7)12-19(18)26-27/h10-13,29H,2,8-9H2,1,3-7H3. The van der Waals surface area contributed by atoms with Crippen LogP contribution in [0.3, 0.4) is 0 Å². The predicted molar refractivity (Wildman–Crippen MR) is 119 cm³/mol. The van der Waals surface area contributed by atoms with Crippen LogP contribution in [-0.4, -0.2) is 33.0 Å². The molecule has 0 amide bonds. The number of aromatic hydroxyl groups is 1. The van der Waals surface area contributed by atoms with E-state index in [1.807, 2.05) is 32.9 Å². The average Bonchev–Trinajstić information content (AvgIpc) is 3.09. The lowest BCUT2D eigenvalue weighted by molar-refractivity contribution is 0.103. The van der Waals surface area contributed by atoms with Crippen molar-refractivity contribution in [2.75, 3.05) is 7.11 Å². The second-order valence-electron chi connectivity index (χ2n) is 8.60. The van der Waals surface area contributed by atoms with E-state index in [2.05, 4.69) is 23.7 Å². The van der Waals surface area contributed by atoms with E-state index in [0.29, 0.717) is 40.0 Å². The average molecular weight is 408 g/mol. The molecule has 1 N–H and O–H groups in total. The summed E-state index contributed by atoms with van der Waals surface area (Å²) in [5.74, 6) is 0.630. The van der Waals surface area contributed by atoms with Crippen LogP contribution in [0.4, 0.5) is 0 Å². The Bertz CT molecular complexity index is 1140. The molecule has 158 valence electrons. The van der Waals surface area contributed by atoms with Crippen LogP contribution in [0, 0.1) is 0 Å². The second-order valence-corrected chi connectivity index (χ2v) is 8.60. The van der Waals surface area contributed by atoms with E-state index < -0.39 is 0 Å². The maximum atomic E-state index is 13.0. The van der Waals surface area contributed by atoms with E-state index >= 15 is 0 Å². The molecular formula is C24H29N3O3. The third-order valence-corrected chi connectivity index (χ3v) is 5.07. The lowest BCUT2D eigenvalue weighted by Crippen LogP contribution is -2.20. The van der Waals surface area contributed by atoms with Gasteiger partial charge in [-0.25, -0.2) is 0 Å². The van der Waals surface area contributed by atoms with Gasteiger partial charge in [-0.3, -0.25) is 4.79 Å². The normalized spacial score (nSPS) is 11.7. The lowest BCUT2D eigenvalue weighted by atomic mass is 9.78. The Morgan fingerprint density at radius 2 is 1.87 bits per heavy atom. The summed E-state index contributed by atoms with van der Waals surface area (Å²) in [5.41, 5.74) is 3.88. The molecule has 0 fully saturated rings. The van der Waals surface area contributed by atoms with Gasteiger partial charge in [-0.05, 0) is 48.1 Å². The van der Waals surface area contributed by atoms with Gasteiger partial charge in [0.05, 0.1) is 7.11 Å². The molecule has 0 unspecified atom stereocenters. The van der Waals surface area contributed by atoms with Crippen LogP contribution in [-0.2, 0) is 11.8 Å². The molecule has 1 aromatic heterocycles. The Labute approximate surface area is 177 Å². The van der Waals surface area contributed by atoms with Crippen molar-refractivity contribution in [3.05, 3.63) is 53.1 Å². The van der Waals surface area contributed by atoms with Crippen molar-refractivity contribution in [2.24, 2.45) is 0 Å². The number of rotatable bonds is 6. The largest absolute Gasteiger partial charge is 0.505 e. The molecule has 6 heteroatoms. The van der Waals surface area contributed by atoms with Crippen LogP contribution in [0.15, 0.2) is 36.4 Å². The summed E-state index contributed by atoms with van der Waals surface area (Å²) in [7, 11) is 1.59. The number of hydrogen-bond donors (Lipinski definition) is 1. The maximum Gasteiger partial charge on any atom is 0.188 e. The molecule has 0 bridgehead atoms. The number of phenolic OH excluding ortho intramolecular Hbond substituents is 1. The molecule has 0 aliphatic heterocycles. The summed E-state index contributed by atoms with van der Waals surface area (Å²) in [6.45, 7) is 13.7. The molecule has 1 heterocycles. The molecule has 0 radical (unpaired) electrons. The number of nitrogens with zero attached hydrogens (tertiary/aromatic N) is 3. The van der Waals surface area contributed by atoms with Gasteiger partial charge in [-0.15, -0.1) is 15.0 Å². The number of benzene rings is 2. The highest BCUT2D eigenvalue weighted by atomic mass is 16.5. The van der Waals surface area contributed by atoms with Gasteiger partial charge in [-0.2, -0.15) is 0 Å². The van der Waals surface area contributed by atoms with E-state index in [1.165, 1.54) is 4.80 Å². The SMILES string of the molecule is C=C(C)C(=O)c1cc(-n2nc3ccc(OC)cc3n2)c(O)c(C(C)(C)C)c1CCC. The molecule has 0 spiro atoms. The number of carbonyl (C=O) groups is 1. The minimum absolute atomic E-state index is 0.0940. The number of Topliss-reactive ketones (excluding diaryl/α,β-unsaturated/α-hetero) is 1. The van der Waals surface area contributed by atoms with E-state index in [4.69, 9.17) is 4.74 Å². The highest BCUT2D eigenvalue weighted by molar-refractivity contribution is 6.09. The third kappa shape index (κ3) is 3.82. The van der Waals surface area contributed by atoms with E-state index in [-0.39, 0.29) is 16.9 Å². The monoisotopic (exact) mass is 407 g/mol. The van der Waals surface area contributed by atoms with Crippen molar-refractivity contribution < 1.29 is 14.6 Å². The van der Waals surface area contributed by atoms with E-state index in [1.54, 1.807) is 26.2 Å². The Kier molecular flexibility index (Phi) is 5.70. The number of phenols is 1. The van der Waals surface area contributed by atoms with Crippen LogP contribution in [0.1, 0.15) is 62.5 Å². The zero-order valence-corrected chi connectivity index (χ0v) is 18.5. The number of methoxy groups -OCH3 is 1. The summed E-state index contributed by atoms with van der Waals surface area (Å²) in [6.07, 6.45) is 1.53. The molecule has 0 aliphatic rings. The summed E-state index contributed by atoms with van der Waals surface area (Å²) < 4.78 is 5.26. The van der Waals surface area contributed by atoms with Crippen LogP contribution in [0.5, 0.6) is 11.5 Å². The molecule has 3 aromatic rings. The summed E-state index contributed by atoms with van der Waals surface area (Å²) >= 11 is 0. The molecule has 6 nitrogen and oxygen atoms in total. The maximum absolute atomic E-state index is 13.0. The van der Waals surface area contributed by atoms with Gasteiger partial charge in [-0.1, -0.05) is 40.7 Å². The fraction of sp³-hybridized carbons (Fsp3) is 0.375. The van der Waals surface area contributed by atoms with Gasteiger partial charge in [0.25, 0.3) is 0 Å². The van der Waals surface area contributed by atoms with Gasteiger partial charge in [0.15, 0.2) is 5.78 Å². The Balaban J connectivity index is 2.35. The van der Waals surface area contributed by atoms with Gasteiger partial charge in [0.1, 0.15) is 28.2 Å². The third-order valence-electron chi connectivity index (χ3n) is 5.07. The highest BCUT2D eigenvalue weighted by Crippen LogP contribution is 2.41. The van der Waals surface area contributed by atoms with E-state index in [9.17, 15) is 9.90 Å². The molecule has 2 aromatic carbocycles.